The van der Waals surface area contributed by atoms with Crippen LogP contribution in [0.25, 0.3) is 0 Å². The van der Waals surface area contributed by atoms with E-state index in [0.29, 0.717) is 38.2 Å². The molecule has 172 valence electrons. The summed E-state index contributed by atoms with van der Waals surface area (Å²) in [7, 11) is 2.79. The highest BCUT2D eigenvalue weighted by molar-refractivity contribution is 5.82. The number of ether oxygens (including phenoxy) is 3. The summed E-state index contributed by atoms with van der Waals surface area (Å²) in [4.78, 5) is 28.5. The van der Waals surface area contributed by atoms with E-state index in [4.69, 9.17) is 14.2 Å². The Hall–Kier alpha value is -2.35. The maximum Gasteiger partial charge on any atom is 0.410 e. The summed E-state index contributed by atoms with van der Waals surface area (Å²) in [5.74, 6) is -0.799. The molecule has 1 amide bonds. The van der Waals surface area contributed by atoms with Crippen LogP contribution in [0.3, 0.4) is 0 Å². The van der Waals surface area contributed by atoms with Crippen molar-refractivity contribution in [1.82, 2.24) is 9.80 Å². The zero-order chi connectivity index (χ0) is 22.8. The number of piperidine rings is 1. The zero-order valence-electron chi connectivity index (χ0n) is 19.0. The Morgan fingerprint density at radius 1 is 1.10 bits per heavy atom. The Morgan fingerprint density at radius 3 is 2.23 bits per heavy atom. The molecule has 0 unspecified atom stereocenters. The molecule has 2 atom stereocenters. The van der Waals surface area contributed by atoms with Crippen LogP contribution in [0.2, 0.25) is 0 Å². The first kappa shape index (κ1) is 23.3. The van der Waals surface area contributed by atoms with Crippen LogP contribution < -0.4 is 4.74 Å². The molecule has 8 heteroatoms. The SMILES string of the molecule is COC(=O)[C@]1(F)CN(C2CCN(C(=O)OC(C)(C)C)CC2)C[C@H]1c1ccc(OC)cc1. The second kappa shape index (κ2) is 9.02. The number of hydrogen-bond acceptors (Lipinski definition) is 6. The molecular weight excluding hydrogens is 403 g/mol. The molecule has 1 aromatic carbocycles. The van der Waals surface area contributed by atoms with E-state index in [1.54, 1.807) is 36.3 Å². The molecule has 31 heavy (non-hydrogen) atoms. The average Bonchev–Trinajstić information content (AvgIpc) is 3.10. The lowest BCUT2D eigenvalue weighted by atomic mass is 9.86. The second-order valence-electron chi connectivity index (χ2n) is 9.31. The first-order chi connectivity index (χ1) is 14.6. The summed E-state index contributed by atoms with van der Waals surface area (Å²) in [6.45, 7) is 7.00. The van der Waals surface area contributed by atoms with Gasteiger partial charge in [-0.3, -0.25) is 4.90 Å². The number of likely N-dealkylation sites (tertiary alicyclic amines) is 2. The maximum absolute atomic E-state index is 16.0. The number of carbonyl (C=O) groups is 2. The van der Waals surface area contributed by atoms with Crippen molar-refractivity contribution in [2.24, 2.45) is 0 Å². The molecule has 2 saturated heterocycles. The minimum atomic E-state index is -2.12. The van der Waals surface area contributed by atoms with Gasteiger partial charge in [-0.25, -0.2) is 14.0 Å². The first-order valence-electron chi connectivity index (χ1n) is 10.7. The van der Waals surface area contributed by atoms with Gasteiger partial charge in [0.2, 0.25) is 5.67 Å². The molecule has 0 aliphatic carbocycles. The number of esters is 1. The summed E-state index contributed by atoms with van der Waals surface area (Å²) in [5, 5.41) is 0. The number of nitrogens with zero attached hydrogens (tertiary/aromatic N) is 2. The Morgan fingerprint density at radius 2 is 1.71 bits per heavy atom. The van der Waals surface area contributed by atoms with Crippen LogP contribution in [0.4, 0.5) is 9.18 Å². The van der Waals surface area contributed by atoms with Gasteiger partial charge in [0.25, 0.3) is 0 Å². The summed E-state index contributed by atoms with van der Waals surface area (Å²) < 4.78 is 31.5. The molecule has 0 radical (unpaired) electrons. The van der Waals surface area contributed by atoms with Crippen LogP contribution >= 0.6 is 0 Å². The molecule has 0 spiro atoms. The van der Waals surface area contributed by atoms with E-state index in [1.165, 1.54) is 7.11 Å². The molecule has 2 fully saturated rings. The smallest absolute Gasteiger partial charge is 0.410 e. The van der Waals surface area contributed by atoms with Crippen LogP contribution in [-0.4, -0.2) is 79.6 Å². The van der Waals surface area contributed by atoms with Crippen molar-refractivity contribution in [2.45, 2.75) is 56.8 Å². The van der Waals surface area contributed by atoms with Crippen molar-refractivity contribution in [3.63, 3.8) is 0 Å². The number of amides is 1. The van der Waals surface area contributed by atoms with E-state index < -0.39 is 23.2 Å². The molecule has 0 aromatic heterocycles. The third kappa shape index (κ3) is 5.11. The Labute approximate surface area is 183 Å². The van der Waals surface area contributed by atoms with E-state index in [0.717, 1.165) is 5.56 Å². The Bertz CT molecular complexity index is 786. The highest BCUT2D eigenvalue weighted by Gasteiger charge is 2.56. The van der Waals surface area contributed by atoms with Gasteiger partial charge in [0.1, 0.15) is 11.4 Å². The number of halogens is 1. The summed E-state index contributed by atoms with van der Waals surface area (Å²) in [6.07, 6.45) is 1.08. The molecular formula is C23H33FN2O5. The van der Waals surface area contributed by atoms with Crippen molar-refractivity contribution < 1.29 is 28.2 Å². The number of hydrogen-bond donors (Lipinski definition) is 0. The average molecular weight is 437 g/mol. The molecule has 3 rings (SSSR count). The van der Waals surface area contributed by atoms with Gasteiger partial charge in [0.05, 0.1) is 14.2 Å². The molecule has 0 N–H and O–H groups in total. The van der Waals surface area contributed by atoms with Gasteiger partial charge in [0.15, 0.2) is 0 Å². The fraction of sp³-hybridized carbons (Fsp3) is 0.652. The summed E-state index contributed by atoms with van der Waals surface area (Å²) in [6, 6.07) is 7.23. The van der Waals surface area contributed by atoms with Crippen LogP contribution in [0, 0.1) is 0 Å². The standard InChI is InChI=1S/C23H33FN2O5/c1-22(2,3)31-21(28)25-12-10-17(11-13-25)26-14-19(23(24,15-26)20(27)30-5)16-6-8-18(29-4)9-7-16/h6-9,17,19H,10-15H2,1-5H3/t19-,23-/m0/s1. The number of rotatable bonds is 4. The first-order valence-corrected chi connectivity index (χ1v) is 10.7. The second-order valence-corrected chi connectivity index (χ2v) is 9.31. The quantitative estimate of drug-likeness (QED) is 0.674. The number of alkyl halides is 1. The largest absolute Gasteiger partial charge is 0.497 e. The molecule has 7 nitrogen and oxygen atoms in total. The fourth-order valence-electron chi connectivity index (χ4n) is 4.45. The van der Waals surface area contributed by atoms with Crippen LogP contribution in [0.15, 0.2) is 24.3 Å². The predicted octanol–water partition coefficient (Wildman–Crippen LogP) is 3.38. The minimum Gasteiger partial charge on any atom is -0.497 e. The summed E-state index contributed by atoms with van der Waals surface area (Å²) >= 11 is 0. The van der Waals surface area contributed by atoms with Gasteiger partial charge in [-0.15, -0.1) is 0 Å². The molecule has 2 aliphatic rings. The zero-order valence-corrected chi connectivity index (χ0v) is 19.0. The minimum absolute atomic E-state index is 0.0204. The Kier molecular flexibility index (Phi) is 6.79. The lowest BCUT2D eigenvalue weighted by molar-refractivity contribution is -0.154. The van der Waals surface area contributed by atoms with Crippen molar-refractivity contribution >= 4 is 12.1 Å². The van der Waals surface area contributed by atoms with Crippen LogP contribution in [0.1, 0.15) is 45.1 Å². The van der Waals surface area contributed by atoms with Gasteiger partial charge in [-0.05, 0) is 51.3 Å². The van der Waals surface area contributed by atoms with E-state index >= 15 is 4.39 Å². The lowest BCUT2D eigenvalue weighted by Gasteiger charge is -2.37. The van der Waals surface area contributed by atoms with E-state index in [2.05, 4.69) is 0 Å². The highest BCUT2D eigenvalue weighted by atomic mass is 19.1. The third-order valence-electron chi connectivity index (χ3n) is 6.08. The van der Waals surface area contributed by atoms with Crippen LogP contribution in [0.5, 0.6) is 5.75 Å². The maximum atomic E-state index is 16.0. The normalized spacial score (nSPS) is 25.4. The van der Waals surface area contributed by atoms with Gasteiger partial charge in [-0.2, -0.15) is 0 Å². The molecule has 1 aromatic rings. The molecule has 0 saturated carbocycles. The molecule has 2 heterocycles. The van der Waals surface area contributed by atoms with Crippen molar-refractivity contribution in [3.8, 4) is 5.75 Å². The topological polar surface area (TPSA) is 68.3 Å². The third-order valence-corrected chi connectivity index (χ3v) is 6.08. The predicted molar refractivity (Wildman–Crippen MR) is 114 cm³/mol. The molecule has 0 bridgehead atoms. The summed E-state index contributed by atoms with van der Waals surface area (Å²) in [5.41, 5.74) is -1.92. The van der Waals surface area contributed by atoms with Crippen molar-refractivity contribution in [2.75, 3.05) is 40.4 Å². The molecule has 2 aliphatic heterocycles. The van der Waals surface area contributed by atoms with Gasteiger partial charge in [0, 0.05) is 38.1 Å². The van der Waals surface area contributed by atoms with E-state index in [1.807, 2.05) is 25.7 Å². The number of methoxy groups -OCH3 is 2. The van der Waals surface area contributed by atoms with Crippen molar-refractivity contribution in [1.29, 1.82) is 0 Å². The van der Waals surface area contributed by atoms with Crippen molar-refractivity contribution in [3.05, 3.63) is 29.8 Å². The fourth-order valence-corrected chi connectivity index (χ4v) is 4.45. The van der Waals surface area contributed by atoms with Gasteiger partial charge >= 0.3 is 12.1 Å². The number of benzene rings is 1. The van der Waals surface area contributed by atoms with Gasteiger partial charge in [-0.1, -0.05) is 12.1 Å². The Balaban J connectivity index is 1.70. The van der Waals surface area contributed by atoms with Gasteiger partial charge < -0.3 is 19.1 Å². The van der Waals surface area contributed by atoms with E-state index in [-0.39, 0.29) is 18.7 Å². The van der Waals surface area contributed by atoms with E-state index in [9.17, 15) is 9.59 Å². The highest BCUT2D eigenvalue weighted by Crippen LogP contribution is 2.42. The number of carbonyl (C=O) groups excluding carboxylic acids is 2. The lowest BCUT2D eigenvalue weighted by Crippen LogP contribution is -2.48. The monoisotopic (exact) mass is 436 g/mol. The van der Waals surface area contributed by atoms with Crippen LogP contribution in [-0.2, 0) is 14.3 Å².